The Kier molecular flexibility index (Phi) is 5.59. The van der Waals surface area contributed by atoms with Crippen molar-refractivity contribution in [3.8, 4) is 0 Å². The molecule has 0 bridgehead atoms. The first-order chi connectivity index (χ1) is 3.85. The molecule has 0 rings (SSSR count). The lowest BCUT2D eigenvalue weighted by Crippen LogP contribution is -2.36. The van der Waals surface area contributed by atoms with Crippen molar-refractivity contribution >= 4 is 11.8 Å². The zero-order valence-electron chi connectivity index (χ0n) is 5.69. The maximum Gasteiger partial charge on any atom is 0.105 e. The molecule has 0 fully saturated rings. The average molecular weight is 134 g/mol. The monoisotopic (exact) mass is 134 g/mol. The van der Waals surface area contributed by atoms with Gasteiger partial charge in [0.2, 0.25) is 0 Å². The van der Waals surface area contributed by atoms with Crippen molar-refractivity contribution in [3.63, 3.8) is 0 Å². The van der Waals surface area contributed by atoms with E-state index in [9.17, 15) is 0 Å². The van der Waals surface area contributed by atoms with Gasteiger partial charge < -0.3 is 0 Å². The standard InChI is InChI=1S/C5H14N2S/c1-4-7-5(6-2)8-3/h5-7H,4H2,1-3H3. The molecule has 0 saturated heterocycles. The summed E-state index contributed by atoms with van der Waals surface area (Å²) in [5.41, 5.74) is 0.417. The molecule has 0 aliphatic heterocycles. The lowest BCUT2D eigenvalue weighted by atomic mass is 10.7. The minimum Gasteiger partial charge on any atom is -0.296 e. The summed E-state index contributed by atoms with van der Waals surface area (Å²) in [4.78, 5) is 0. The maximum atomic E-state index is 3.23. The van der Waals surface area contributed by atoms with Crippen LogP contribution >= 0.6 is 11.8 Å². The van der Waals surface area contributed by atoms with E-state index >= 15 is 0 Å². The SMILES string of the molecule is CCNC(NC)SC. The summed E-state index contributed by atoms with van der Waals surface area (Å²) in [6, 6.07) is 0. The lowest BCUT2D eigenvalue weighted by Gasteiger charge is -2.12. The van der Waals surface area contributed by atoms with Crippen LogP contribution in [0, 0.1) is 0 Å². The summed E-state index contributed by atoms with van der Waals surface area (Å²) < 4.78 is 0. The second kappa shape index (κ2) is 5.41. The summed E-state index contributed by atoms with van der Waals surface area (Å²) in [5, 5.41) is 6.34. The van der Waals surface area contributed by atoms with Crippen LogP contribution in [-0.4, -0.2) is 25.3 Å². The van der Waals surface area contributed by atoms with Crippen molar-refractivity contribution in [3.05, 3.63) is 0 Å². The van der Waals surface area contributed by atoms with Gasteiger partial charge in [0.05, 0.1) is 0 Å². The first-order valence-corrected chi connectivity index (χ1v) is 4.07. The Hall–Kier alpha value is 0.270. The molecule has 0 spiro atoms. The van der Waals surface area contributed by atoms with Crippen LogP contribution in [0.2, 0.25) is 0 Å². The third kappa shape index (κ3) is 3.29. The average Bonchev–Trinajstić information content (AvgIpc) is 1.83. The number of hydrogen-bond acceptors (Lipinski definition) is 3. The molecule has 0 aromatic heterocycles. The molecule has 0 aliphatic rings. The van der Waals surface area contributed by atoms with E-state index in [-0.39, 0.29) is 0 Å². The normalized spacial score (nSPS) is 13.9. The van der Waals surface area contributed by atoms with Gasteiger partial charge in [0.1, 0.15) is 5.50 Å². The van der Waals surface area contributed by atoms with Gasteiger partial charge in [-0.2, -0.15) is 0 Å². The highest BCUT2D eigenvalue weighted by molar-refractivity contribution is 7.99. The highest BCUT2D eigenvalue weighted by Crippen LogP contribution is 1.95. The lowest BCUT2D eigenvalue weighted by molar-refractivity contribution is 0.610. The molecule has 0 amide bonds. The van der Waals surface area contributed by atoms with Gasteiger partial charge in [0, 0.05) is 0 Å². The molecule has 0 aromatic carbocycles. The zero-order valence-corrected chi connectivity index (χ0v) is 6.51. The van der Waals surface area contributed by atoms with Gasteiger partial charge in [-0.1, -0.05) is 6.92 Å². The Morgan fingerprint density at radius 1 is 1.62 bits per heavy atom. The van der Waals surface area contributed by atoms with Gasteiger partial charge in [-0.05, 0) is 19.8 Å². The summed E-state index contributed by atoms with van der Waals surface area (Å²) in [7, 11) is 1.95. The zero-order chi connectivity index (χ0) is 6.41. The first kappa shape index (κ1) is 8.27. The van der Waals surface area contributed by atoms with E-state index in [1.165, 1.54) is 0 Å². The van der Waals surface area contributed by atoms with Crippen LogP contribution in [0.25, 0.3) is 0 Å². The Labute approximate surface area is 55.4 Å². The minimum absolute atomic E-state index is 0.417. The molecule has 50 valence electrons. The van der Waals surface area contributed by atoms with E-state index in [1.807, 2.05) is 7.05 Å². The van der Waals surface area contributed by atoms with Crippen LogP contribution in [0.15, 0.2) is 0 Å². The van der Waals surface area contributed by atoms with Crippen LogP contribution in [-0.2, 0) is 0 Å². The van der Waals surface area contributed by atoms with Crippen LogP contribution in [0.1, 0.15) is 6.92 Å². The quantitative estimate of drug-likeness (QED) is 0.546. The Morgan fingerprint density at radius 3 is 2.38 bits per heavy atom. The topological polar surface area (TPSA) is 24.1 Å². The van der Waals surface area contributed by atoms with Crippen molar-refractivity contribution < 1.29 is 0 Å². The third-order valence-corrected chi connectivity index (χ3v) is 1.76. The molecule has 0 aromatic rings. The Balaban J connectivity index is 3.07. The third-order valence-electron chi connectivity index (χ3n) is 0.887. The smallest absolute Gasteiger partial charge is 0.105 e. The molecule has 1 atom stereocenters. The Bertz CT molecular complexity index is 45.7. The molecular formula is C5H14N2S. The molecular weight excluding hydrogens is 120 g/mol. The van der Waals surface area contributed by atoms with Crippen molar-refractivity contribution in [1.29, 1.82) is 0 Å². The first-order valence-electron chi connectivity index (χ1n) is 2.78. The van der Waals surface area contributed by atoms with Gasteiger partial charge in [0.25, 0.3) is 0 Å². The fraction of sp³-hybridized carbons (Fsp3) is 1.00. The van der Waals surface area contributed by atoms with Crippen LogP contribution in [0.3, 0.4) is 0 Å². The van der Waals surface area contributed by atoms with Crippen LogP contribution < -0.4 is 10.6 Å². The molecule has 2 N–H and O–H groups in total. The van der Waals surface area contributed by atoms with E-state index in [1.54, 1.807) is 11.8 Å². The largest absolute Gasteiger partial charge is 0.296 e. The van der Waals surface area contributed by atoms with E-state index in [2.05, 4.69) is 23.8 Å². The van der Waals surface area contributed by atoms with Crippen molar-refractivity contribution in [2.24, 2.45) is 0 Å². The Morgan fingerprint density at radius 2 is 2.25 bits per heavy atom. The summed E-state index contributed by atoms with van der Waals surface area (Å²) >= 11 is 1.77. The van der Waals surface area contributed by atoms with Crippen LogP contribution in [0.4, 0.5) is 0 Å². The van der Waals surface area contributed by atoms with E-state index in [0.717, 1.165) is 6.54 Å². The molecule has 0 heterocycles. The van der Waals surface area contributed by atoms with Gasteiger partial charge in [-0.3, -0.25) is 10.6 Å². The number of thioether (sulfide) groups is 1. The molecule has 0 saturated carbocycles. The molecule has 0 aliphatic carbocycles. The number of nitrogens with one attached hydrogen (secondary N) is 2. The van der Waals surface area contributed by atoms with E-state index < -0.39 is 0 Å². The fourth-order valence-corrected chi connectivity index (χ4v) is 1.06. The second-order valence-corrected chi connectivity index (χ2v) is 2.40. The van der Waals surface area contributed by atoms with Crippen molar-refractivity contribution in [1.82, 2.24) is 10.6 Å². The highest BCUT2D eigenvalue weighted by Gasteiger charge is 1.96. The minimum atomic E-state index is 0.417. The predicted molar refractivity (Wildman–Crippen MR) is 40.0 cm³/mol. The predicted octanol–water partition coefficient (Wildman–Crippen LogP) is 0.462. The number of hydrogen-bond donors (Lipinski definition) is 2. The van der Waals surface area contributed by atoms with Gasteiger partial charge in [0.15, 0.2) is 0 Å². The number of rotatable bonds is 4. The summed E-state index contributed by atoms with van der Waals surface area (Å²) in [6.07, 6.45) is 2.07. The van der Waals surface area contributed by atoms with Crippen LogP contribution in [0.5, 0.6) is 0 Å². The highest BCUT2D eigenvalue weighted by atomic mass is 32.2. The summed E-state index contributed by atoms with van der Waals surface area (Å²) in [6.45, 7) is 3.12. The van der Waals surface area contributed by atoms with E-state index in [4.69, 9.17) is 0 Å². The van der Waals surface area contributed by atoms with E-state index in [0.29, 0.717) is 5.50 Å². The summed E-state index contributed by atoms with van der Waals surface area (Å²) in [5.74, 6) is 0. The molecule has 8 heavy (non-hydrogen) atoms. The maximum absolute atomic E-state index is 3.23. The van der Waals surface area contributed by atoms with Crippen molar-refractivity contribution in [2.75, 3.05) is 19.8 Å². The fourth-order valence-electron chi connectivity index (χ4n) is 0.489. The van der Waals surface area contributed by atoms with Gasteiger partial charge >= 0.3 is 0 Å². The molecule has 3 heteroatoms. The van der Waals surface area contributed by atoms with Crippen molar-refractivity contribution in [2.45, 2.75) is 12.4 Å². The molecule has 1 unspecified atom stereocenters. The van der Waals surface area contributed by atoms with Gasteiger partial charge in [-0.25, -0.2) is 0 Å². The molecule has 2 nitrogen and oxygen atoms in total. The van der Waals surface area contributed by atoms with Gasteiger partial charge in [-0.15, -0.1) is 11.8 Å². The second-order valence-electron chi connectivity index (χ2n) is 1.46. The molecule has 0 radical (unpaired) electrons.